The summed E-state index contributed by atoms with van der Waals surface area (Å²) < 4.78 is 32.9. The van der Waals surface area contributed by atoms with Gasteiger partial charge in [-0.05, 0) is 52.1 Å². The van der Waals surface area contributed by atoms with Crippen molar-refractivity contribution in [1.82, 2.24) is 9.55 Å². The molecule has 11 heteroatoms. The van der Waals surface area contributed by atoms with Gasteiger partial charge < -0.3 is 4.74 Å². The van der Waals surface area contributed by atoms with Gasteiger partial charge in [-0.2, -0.15) is 0 Å². The van der Waals surface area contributed by atoms with Crippen molar-refractivity contribution in [2.75, 3.05) is 18.1 Å². The number of rotatable bonds is 5. The second kappa shape index (κ2) is 11.9. The van der Waals surface area contributed by atoms with Crippen LogP contribution in [0.15, 0.2) is 70.4 Å². The van der Waals surface area contributed by atoms with Crippen LogP contribution in [-0.4, -0.2) is 90.4 Å². The van der Waals surface area contributed by atoms with Crippen LogP contribution in [0, 0.1) is 0 Å². The predicted molar refractivity (Wildman–Crippen MR) is 151 cm³/mol. The predicted octanol–water partition coefficient (Wildman–Crippen LogP) is 3.26. The Balaban J connectivity index is 0.00000241. The molecule has 0 bridgehead atoms. The summed E-state index contributed by atoms with van der Waals surface area (Å²) in [5.74, 6) is 0.688. The molecular weight excluding hydrogens is 512 g/mol. The van der Waals surface area contributed by atoms with Gasteiger partial charge in [-0.1, -0.05) is 39.0 Å². The van der Waals surface area contributed by atoms with Crippen molar-refractivity contribution in [1.29, 1.82) is 0 Å². The normalized spacial score (nSPS) is 11.4. The summed E-state index contributed by atoms with van der Waals surface area (Å²) in [5.41, 5.74) is 2.34. The Labute approximate surface area is 260 Å². The van der Waals surface area contributed by atoms with Gasteiger partial charge in [-0.25, -0.2) is 13.2 Å². The van der Waals surface area contributed by atoms with Crippen LogP contribution < -0.4 is 20.7 Å². The van der Waals surface area contributed by atoms with Gasteiger partial charge in [0.1, 0.15) is 5.75 Å². The van der Waals surface area contributed by atoms with E-state index < -0.39 is 21.3 Å². The molecule has 3 aromatic carbocycles. The summed E-state index contributed by atoms with van der Waals surface area (Å²) in [6.07, 6.45) is 2.57. The summed E-state index contributed by atoms with van der Waals surface area (Å²) >= 11 is 0. The van der Waals surface area contributed by atoms with Crippen LogP contribution >= 0.6 is 0 Å². The third kappa shape index (κ3) is 7.17. The molecule has 0 fully saturated rings. The van der Waals surface area contributed by atoms with Gasteiger partial charge in [0.2, 0.25) is 10.0 Å². The van der Waals surface area contributed by atoms with Gasteiger partial charge in [0.05, 0.1) is 19.1 Å². The Kier molecular flexibility index (Phi) is 10.1. The fourth-order valence-electron chi connectivity index (χ4n) is 4.06. The van der Waals surface area contributed by atoms with E-state index in [2.05, 4.69) is 30.5 Å². The van der Waals surface area contributed by atoms with Crippen molar-refractivity contribution in [3.63, 3.8) is 0 Å². The van der Waals surface area contributed by atoms with Gasteiger partial charge in [0.25, 0.3) is 5.56 Å². The molecule has 184 valence electrons. The molecule has 0 aliphatic heterocycles. The number of anilines is 1. The molecule has 0 spiro atoms. The Hall–Kier alpha value is -1.85. The molecule has 0 atom stereocenters. The van der Waals surface area contributed by atoms with Gasteiger partial charge >= 0.3 is 5.69 Å². The number of fused-ring (bicyclic) bond motifs is 1. The SMILES string of the molecule is COc1c(-c2ccc3cc(NS(C)(=O)=O)ccc3c2)cc(-n2ccc(=O)[nH]c2=O)cc1C(C)(C)C.[Na].[Na]. The van der Waals surface area contributed by atoms with Crippen molar-refractivity contribution in [3.8, 4) is 22.6 Å². The second-order valence-electron chi connectivity index (χ2n) is 9.46. The molecule has 1 aromatic heterocycles. The Morgan fingerprint density at radius 3 is 2.16 bits per heavy atom. The minimum Gasteiger partial charge on any atom is -0.496 e. The summed E-state index contributed by atoms with van der Waals surface area (Å²) in [6, 6.07) is 16.2. The zero-order chi connectivity index (χ0) is 25.5. The minimum atomic E-state index is -3.38. The summed E-state index contributed by atoms with van der Waals surface area (Å²) in [4.78, 5) is 26.4. The molecule has 0 saturated heterocycles. The van der Waals surface area contributed by atoms with Crippen LogP contribution in [0.25, 0.3) is 27.6 Å². The van der Waals surface area contributed by atoms with Gasteiger partial charge in [-0.3, -0.25) is 19.1 Å². The van der Waals surface area contributed by atoms with Gasteiger partial charge in [0, 0.05) is 88.2 Å². The van der Waals surface area contributed by atoms with Crippen molar-refractivity contribution in [2.24, 2.45) is 0 Å². The van der Waals surface area contributed by atoms with Crippen LogP contribution in [0.1, 0.15) is 26.3 Å². The number of nitrogens with one attached hydrogen (secondary N) is 2. The smallest absolute Gasteiger partial charge is 0.332 e. The monoisotopic (exact) mass is 539 g/mol. The fourth-order valence-corrected chi connectivity index (χ4v) is 4.61. The first kappa shape index (κ1) is 31.4. The molecule has 37 heavy (non-hydrogen) atoms. The maximum absolute atomic E-state index is 12.5. The number of aromatic nitrogens is 2. The first-order valence-corrected chi connectivity index (χ1v) is 12.8. The molecule has 0 aliphatic rings. The number of hydrogen-bond acceptors (Lipinski definition) is 5. The minimum absolute atomic E-state index is 0. The van der Waals surface area contributed by atoms with Crippen molar-refractivity contribution < 1.29 is 13.2 Å². The topological polar surface area (TPSA) is 110 Å². The van der Waals surface area contributed by atoms with Gasteiger partial charge in [-0.15, -0.1) is 0 Å². The third-order valence-electron chi connectivity index (χ3n) is 5.64. The molecular formula is C26H27N3Na2O5S. The van der Waals surface area contributed by atoms with Crippen molar-refractivity contribution in [2.45, 2.75) is 26.2 Å². The largest absolute Gasteiger partial charge is 0.496 e. The molecule has 4 rings (SSSR count). The van der Waals surface area contributed by atoms with Crippen LogP contribution in [-0.2, 0) is 15.4 Å². The van der Waals surface area contributed by atoms with Crippen LogP contribution in [0.4, 0.5) is 5.69 Å². The molecule has 0 unspecified atom stereocenters. The van der Waals surface area contributed by atoms with Crippen LogP contribution in [0.5, 0.6) is 5.75 Å². The van der Waals surface area contributed by atoms with E-state index in [0.717, 1.165) is 33.7 Å². The number of benzene rings is 3. The average Bonchev–Trinajstić information content (AvgIpc) is 2.76. The molecule has 8 nitrogen and oxygen atoms in total. The second-order valence-corrected chi connectivity index (χ2v) is 11.2. The first-order chi connectivity index (χ1) is 16.4. The standard InChI is InChI=1S/C26H27N3O5S.2Na/c1-26(2,3)22-15-20(29-11-10-23(30)27-25(29)31)14-21(24(22)34-4)18-7-6-17-13-19(28-35(5,32)33)9-8-16(17)12-18;;/h6-15,28H,1-5H3,(H,27,30,31);;. The Morgan fingerprint density at radius 2 is 1.57 bits per heavy atom. The number of methoxy groups -OCH3 is 1. The Morgan fingerprint density at radius 1 is 0.919 bits per heavy atom. The number of nitrogens with zero attached hydrogens (tertiary/aromatic N) is 1. The average molecular weight is 540 g/mol. The summed E-state index contributed by atoms with van der Waals surface area (Å²) in [5, 5.41) is 1.78. The van der Waals surface area contributed by atoms with Crippen LogP contribution in [0.3, 0.4) is 0 Å². The van der Waals surface area contributed by atoms with Crippen LogP contribution in [0.2, 0.25) is 0 Å². The van der Waals surface area contributed by atoms with E-state index in [4.69, 9.17) is 4.74 Å². The number of hydrogen-bond donors (Lipinski definition) is 2. The molecule has 0 aliphatic carbocycles. The molecule has 0 saturated carbocycles. The van der Waals surface area contributed by atoms with Crippen molar-refractivity contribution in [3.05, 3.63) is 87.2 Å². The maximum atomic E-state index is 12.5. The van der Waals surface area contributed by atoms with E-state index in [1.54, 1.807) is 19.2 Å². The first-order valence-electron chi connectivity index (χ1n) is 10.9. The number of aromatic amines is 1. The van der Waals surface area contributed by atoms with E-state index >= 15 is 0 Å². The van der Waals surface area contributed by atoms with E-state index in [1.807, 2.05) is 36.4 Å². The fraction of sp³-hybridized carbons (Fsp3) is 0.231. The molecule has 1 heterocycles. The third-order valence-corrected chi connectivity index (χ3v) is 6.25. The molecule has 0 amide bonds. The quantitative estimate of drug-likeness (QED) is 0.379. The van der Waals surface area contributed by atoms with E-state index in [0.29, 0.717) is 17.1 Å². The zero-order valence-corrected chi connectivity index (χ0v) is 27.0. The summed E-state index contributed by atoms with van der Waals surface area (Å²) in [7, 11) is -1.76. The zero-order valence-electron chi connectivity index (χ0n) is 22.2. The molecule has 2 N–H and O–H groups in total. The number of H-pyrrole nitrogens is 1. The van der Waals surface area contributed by atoms with E-state index in [-0.39, 0.29) is 64.5 Å². The van der Waals surface area contributed by atoms with Gasteiger partial charge in [0.15, 0.2) is 0 Å². The molecule has 4 aromatic rings. The van der Waals surface area contributed by atoms with E-state index in [1.165, 1.54) is 16.8 Å². The summed E-state index contributed by atoms with van der Waals surface area (Å²) in [6.45, 7) is 6.18. The number of ether oxygens (including phenoxy) is 1. The van der Waals surface area contributed by atoms with E-state index in [9.17, 15) is 18.0 Å². The number of sulfonamides is 1. The van der Waals surface area contributed by atoms with Crippen molar-refractivity contribution >= 4 is 85.6 Å². The maximum Gasteiger partial charge on any atom is 0.332 e. The molecule has 2 radical (unpaired) electrons. The Bertz CT molecular complexity index is 1670.